The molecule has 4 rings (SSSR count). The molecule has 32 heavy (non-hydrogen) atoms. The van der Waals surface area contributed by atoms with Crippen LogP contribution in [-0.2, 0) is 22.6 Å². The zero-order valence-electron chi connectivity index (χ0n) is 18.9. The van der Waals surface area contributed by atoms with E-state index in [-0.39, 0.29) is 48.9 Å². The third-order valence-electron chi connectivity index (χ3n) is 6.38. The summed E-state index contributed by atoms with van der Waals surface area (Å²) < 4.78 is 6.51. The molecule has 1 aliphatic carbocycles. The van der Waals surface area contributed by atoms with Crippen molar-refractivity contribution in [2.45, 2.75) is 71.1 Å². The first-order chi connectivity index (χ1) is 15.3. The van der Waals surface area contributed by atoms with Gasteiger partial charge in [0.1, 0.15) is 11.2 Å². The van der Waals surface area contributed by atoms with Crippen molar-refractivity contribution in [3.8, 4) is 0 Å². The highest BCUT2D eigenvalue weighted by molar-refractivity contribution is 6.01. The zero-order valence-corrected chi connectivity index (χ0v) is 18.9. The van der Waals surface area contributed by atoms with Crippen molar-refractivity contribution in [1.82, 2.24) is 20.0 Å². The number of ether oxygens (including phenoxy) is 1. The molecule has 1 atom stereocenters. The maximum atomic E-state index is 13.6. The van der Waals surface area contributed by atoms with Gasteiger partial charge in [0.2, 0.25) is 5.91 Å². The molecule has 1 N–H and O–H groups in total. The topological polar surface area (TPSA) is 93.5 Å². The van der Waals surface area contributed by atoms with Crippen LogP contribution in [0.15, 0.2) is 30.3 Å². The Morgan fingerprint density at radius 3 is 2.69 bits per heavy atom. The number of rotatable bonds is 6. The average Bonchev–Trinajstić information content (AvgIpc) is 3.41. The Kier molecular flexibility index (Phi) is 6.04. The predicted molar refractivity (Wildman–Crippen MR) is 118 cm³/mol. The highest BCUT2D eigenvalue weighted by Crippen LogP contribution is 2.30. The third-order valence-corrected chi connectivity index (χ3v) is 6.38. The van der Waals surface area contributed by atoms with Crippen LogP contribution < -0.4 is 5.32 Å². The van der Waals surface area contributed by atoms with E-state index in [9.17, 15) is 14.4 Å². The van der Waals surface area contributed by atoms with E-state index in [1.54, 1.807) is 18.7 Å². The molecule has 8 nitrogen and oxygen atoms in total. The van der Waals surface area contributed by atoms with E-state index in [0.717, 1.165) is 36.8 Å². The predicted octanol–water partition coefficient (Wildman–Crippen LogP) is 2.84. The van der Waals surface area contributed by atoms with Crippen LogP contribution in [0.25, 0.3) is 0 Å². The lowest BCUT2D eigenvalue weighted by atomic mass is 9.93. The molecule has 2 aliphatic rings. The fourth-order valence-electron chi connectivity index (χ4n) is 4.60. The Hall–Kier alpha value is -3.16. The number of fused-ring (bicyclic) bond motifs is 1. The molecule has 2 amide bonds. The Balaban J connectivity index is 1.70. The summed E-state index contributed by atoms with van der Waals surface area (Å²) in [7, 11) is 0. The van der Waals surface area contributed by atoms with Gasteiger partial charge in [-0.1, -0.05) is 42.7 Å². The fourth-order valence-corrected chi connectivity index (χ4v) is 4.60. The van der Waals surface area contributed by atoms with Gasteiger partial charge in [0.15, 0.2) is 5.69 Å². The average molecular weight is 439 g/mol. The molecular weight excluding hydrogens is 408 g/mol. The van der Waals surface area contributed by atoms with Crippen molar-refractivity contribution in [2.24, 2.45) is 0 Å². The Morgan fingerprint density at radius 2 is 2.00 bits per heavy atom. The van der Waals surface area contributed by atoms with Crippen LogP contribution in [0.3, 0.4) is 0 Å². The summed E-state index contributed by atoms with van der Waals surface area (Å²) in [6.07, 6.45) is 4.10. The van der Waals surface area contributed by atoms with E-state index < -0.39 is 11.5 Å². The van der Waals surface area contributed by atoms with Crippen molar-refractivity contribution >= 4 is 17.8 Å². The van der Waals surface area contributed by atoms with Crippen LogP contribution >= 0.6 is 0 Å². The summed E-state index contributed by atoms with van der Waals surface area (Å²) in [6, 6.07) is 9.48. The van der Waals surface area contributed by atoms with Gasteiger partial charge in [-0.3, -0.25) is 14.3 Å². The number of nitrogens with one attached hydrogen (secondary N) is 1. The molecular formula is C24H30N4O4. The van der Waals surface area contributed by atoms with Gasteiger partial charge in [0, 0.05) is 18.7 Å². The summed E-state index contributed by atoms with van der Waals surface area (Å²) in [6.45, 7) is 6.16. The number of benzene rings is 1. The van der Waals surface area contributed by atoms with Gasteiger partial charge in [-0.25, -0.2) is 4.79 Å². The summed E-state index contributed by atoms with van der Waals surface area (Å²) in [4.78, 5) is 40.9. The molecule has 0 radical (unpaired) electrons. The van der Waals surface area contributed by atoms with Crippen LogP contribution in [0, 0.1) is 6.92 Å². The van der Waals surface area contributed by atoms with Crippen molar-refractivity contribution in [2.75, 3.05) is 6.61 Å². The van der Waals surface area contributed by atoms with E-state index in [2.05, 4.69) is 10.4 Å². The lowest BCUT2D eigenvalue weighted by Gasteiger charge is -2.43. The summed E-state index contributed by atoms with van der Waals surface area (Å²) in [5.41, 5.74) is 1.24. The van der Waals surface area contributed by atoms with E-state index in [4.69, 9.17) is 4.74 Å². The number of esters is 1. The van der Waals surface area contributed by atoms with Crippen LogP contribution in [0.1, 0.15) is 71.6 Å². The lowest BCUT2D eigenvalue weighted by molar-refractivity contribution is -0.134. The molecule has 2 heterocycles. The van der Waals surface area contributed by atoms with Gasteiger partial charge in [-0.15, -0.1) is 0 Å². The summed E-state index contributed by atoms with van der Waals surface area (Å²) in [5.74, 6) is -1.10. The monoisotopic (exact) mass is 438 g/mol. The molecule has 8 heteroatoms. The molecule has 0 spiro atoms. The zero-order chi connectivity index (χ0) is 22.9. The molecule has 1 aromatic carbocycles. The largest absolute Gasteiger partial charge is 0.461 e. The molecule has 170 valence electrons. The highest BCUT2D eigenvalue weighted by Gasteiger charge is 2.48. The Labute approximate surface area is 187 Å². The van der Waals surface area contributed by atoms with Crippen LogP contribution in [0.5, 0.6) is 0 Å². The Morgan fingerprint density at radius 1 is 1.25 bits per heavy atom. The quantitative estimate of drug-likeness (QED) is 0.700. The minimum atomic E-state index is -1.14. The third kappa shape index (κ3) is 4.13. The first kappa shape index (κ1) is 22.0. The fraction of sp³-hybridized carbons (Fsp3) is 0.500. The van der Waals surface area contributed by atoms with Gasteiger partial charge in [0.05, 0.1) is 13.2 Å². The van der Waals surface area contributed by atoms with Crippen LogP contribution in [0.4, 0.5) is 0 Å². The minimum Gasteiger partial charge on any atom is -0.461 e. The van der Waals surface area contributed by atoms with Gasteiger partial charge in [0.25, 0.3) is 5.91 Å². The molecule has 0 unspecified atom stereocenters. The summed E-state index contributed by atoms with van der Waals surface area (Å²) in [5, 5.41) is 7.45. The maximum Gasteiger partial charge on any atom is 0.358 e. The molecule has 2 aromatic rings. The summed E-state index contributed by atoms with van der Waals surface area (Å²) >= 11 is 0. The number of hydrogen-bond acceptors (Lipinski definition) is 5. The normalized spacial score (nSPS) is 20.8. The number of carbonyl (C=O) groups excluding carboxylic acids is 3. The van der Waals surface area contributed by atoms with E-state index in [1.165, 1.54) is 10.7 Å². The number of nitrogens with zero attached hydrogens (tertiary/aromatic N) is 3. The minimum absolute atomic E-state index is 0.0751. The smallest absolute Gasteiger partial charge is 0.358 e. The van der Waals surface area contributed by atoms with Crippen molar-refractivity contribution in [1.29, 1.82) is 0 Å². The second-order valence-electron chi connectivity index (χ2n) is 8.90. The second-order valence-corrected chi connectivity index (χ2v) is 8.90. The van der Waals surface area contributed by atoms with Gasteiger partial charge < -0.3 is 15.0 Å². The van der Waals surface area contributed by atoms with Crippen molar-refractivity contribution in [3.63, 3.8) is 0 Å². The maximum absolute atomic E-state index is 13.6. The second kappa shape index (κ2) is 8.76. The van der Waals surface area contributed by atoms with Crippen LogP contribution in [-0.4, -0.2) is 50.7 Å². The molecule has 1 aromatic heterocycles. The van der Waals surface area contributed by atoms with E-state index in [0.29, 0.717) is 0 Å². The highest BCUT2D eigenvalue weighted by atomic mass is 16.5. The first-order valence-corrected chi connectivity index (χ1v) is 11.3. The SMILES string of the molecule is CCOC(=O)c1cc2n(n1)C[C@@](C)(C(=O)NC1CCCC1)N(Cc1cccc(C)c1)C2=O. The first-order valence-electron chi connectivity index (χ1n) is 11.3. The lowest BCUT2D eigenvalue weighted by Crippen LogP contribution is -2.64. The van der Waals surface area contributed by atoms with Gasteiger partial charge in [-0.05, 0) is 39.2 Å². The number of amides is 2. The Bertz CT molecular complexity index is 1040. The van der Waals surface area contributed by atoms with E-state index >= 15 is 0 Å². The van der Waals surface area contributed by atoms with Crippen molar-refractivity contribution in [3.05, 3.63) is 52.8 Å². The molecule has 1 fully saturated rings. The number of hydrogen-bond donors (Lipinski definition) is 1. The molecule has 1 saturated carbocycles. The standard InChI is InChI=1S/C24H30N4O4/c1-4-32-22(30)19-13-20-21(29)27(14-17-9-7-8-16(2)12-17)24(3,15-28(20)26-19)23(31)25-18-10-5-6-11-18/h7-9,12-13,18H,4-6,10-11,14-15H2,1-3H3,(H,25,31)/t24-/m0/s1. The van der Waals surface area contributed by atoms with Gasteiger partial charge >= 0.3 is 5.97 Å². The van der Waals surface area contributed by atoms with E-state index in [1.807, 2.05) is 31.2 Å². The van der Waals surface area contributed by atoms with Crippen molar-refractivity contribution < 1.29 is 19.1 Å². The molecule has 0 bridgehead atoms. The molecule has 1 aliphatic heterocycles. The number of aryl methyl sites for hydroxylation is 1. The number of carbonyl (C=O) groups is 3. The van der Waals surface area contributed by atoms with Crippen LogP contribution in [0.2, 0.25) is 0 Å². The molecule has 0 saturated heterocycles. The van der Waals surface area contributed by atoms with Gasteiger partial charge in [-0.2, -0.15) is 5.10 Å². The number of aromatic nitrogens is 2.